The molecule has 96 valence electrons. The Balaban J connectivity index is 2.69. The number of nitrogens with one attached hydrogen (secondary N) is 2. The van der Waals surface area contributed by atoms with Crippen LogP contribution in [-0.4, -0.2) is 41.4 Å². The molecule has 1 aliphatic heterocycles. The van der Waals surface area contributed by atoms with Crippen LogP contribution in [0.5, 0.6) is 0 Å². The molecule has 0 aromatic heterocycles. The molecule has 0 radical (unpaired) electrons. The first-order valence-corrected chi connectivity index (χ1v) is 5.79. The van der Waals surface area contributed by atoms with Crippen LogP contribution in [0.15, 0.2) is 0 Å². The molecule has 0 aromatic carbocycles. The van der Waals surface area contributed by atoms with Gasteiger partial charge >= 0.3 is 6.03 Å². The number of imide groups is 1. The van der Waals surface area contributed by atoms with E-state index in [2.05, 4.69) is 10.6 Å². The summed E-state index contributed by atoms with van der Waals surface area (Å²) in [5.74, 6) is -0.889. The van der Waals surface area contributed by atoms with Gasteiger partial charge in [-0.25, -0.2) is 4.79 Å². The molecular formula is C11H19N3O3. The monoisotopic (exact) mass is 241 g/mol. The molecule has 1 saturated heterocycles. The highest BCUT2D eigenvalue weighted by atomic mass is 16.2. The zero-order chi connectivity index (χ0) is 13.1. The molecule has 6 heteroatoms. The Kier molecular flexibility index (Phi) is 4.09. The van der Waals surface area contributed by atoms with E-state index in [4.69, 9.17) is 0 Å². The number of urea groups is 1. The number of rotatable bonds is 3. The average molecular weight is 241 g/mol. The number of amides is 4. The van der Waals surface area contributed by atoms with Gasteiger partial charge in [-0.1, -0.05) is 13.3 Å². The third-order valence-corrected chi connectivity index (χ3v) is 2.84. The lowest BCUT2D eigenvalue weighted by molar-refractivity contribution is -0.142. The van der Waals surface area contributed by atoms with E-state index in [0.717, 1.165) is 12.8 Å². The normalized spacial score (nSPS) is 18.9. The topological polar surface area (TPSA) is 78.5 Å². The van der Waals surface area contributed by atoms with Crippen molar-refractivity contribution in [2.75, 3.05) is 13.1 Å². The van der Waals surface area contributed by atoms with Crippen LogP contribution in [0.4, 0.5) is 4.79 Å². The summed E-state index contributed by atoms with van der Waals surface area (Å²) < 4.78 is 0. The summed E-state index contributed by atoms with van der Waals surface area (Å²) in [5.41, 5.74) is -0.996. The van der Waals surface area contributed by atoms with Gasteiger partial charge in [0.15, 0.2) is 0 Å². The average Bonchev–Trinajstić information content (AvgIpc) is 2.24. The molecule has 0 spiro atoms. The van der Waals surface area contributed by atoms with Gasteiger partial charge in [0.2, 0.25) is 5.91 Å². The van der Waals surface area contributed by atoms with Crippen LogP contribution in [0.25, 0.3) is 0 Å². The summed E-state index contributed by atoms with van der Waals surface area (Å²) in [7, 11) is 0. The van der Waals surface area contributed by atoms with Gasteiger partial charge in [0.1, 0.15) is 12.1 Å². The van der Waals surface area contributed by atoms with E-state index in [0.29, 0.717) is 6.54 Å². The zero-order valence-electron chi connectivity index (χ0n) is 10.5. The lowest BCUT2D eigenvalue weighted by Gasteiger charge is -2.39. The number of hydrogen-bond donors (Lipinski definition) is 2. The smallest absolute Gasteiger partial charge is 0.318 e. The zero-order valence-corrected chi connectivity index (χ0v) is 10.5. The van der Waals surface area contributed by atoms with Gasteiger partial charge in [-0.3, -0.25) is 14.9 Å². The van der Waals surface area contributed by atoms with Gasteiger partial charge in [0.25, 0.3) is 5.91 Å². The fraction of sp³-hybridized carbons (Fsp3) is 0.727. The number of nitrogens with zero attached hydrogens (tertiary/aromatic N) is 1. The Morgan fingerprint density at radius 2 is 2.12 bits per heavy atom. The number of carbonyl (C=O) groups is 3. The van der Waals surface area contributed by atoms with E-state index in [1.54, 1.807) is 13.8 Å². The largest absolute Gasteiger partial charge is 0.338 e. The molecule has 17 heavy (non-hydrogen) atoms. The molecule has 0 bridgehead atoms. The van der Waals surface area contributed by atoms with Crippen LogP contribution in [-0.2, 0) is 9.59 Å². The maximum absolute atomic E-state index is 11.9. The van der Waals surface area contributed by atoms with Crippen LogP contribution in [0, 0.1) is 0 Å². The first-order chi connectivity index (χ1) is 7.89. The fourth-order valence-corrected chi connectivity index (χ4v) is 1.58. The van der Waals surface area contributed by atoms with Gasteiger partial charge in [-0.2, -0.15) is 0 Å². The molecular weight excluding hydrogens is 222 g/mol. The van der Waals surface area contributed by atoms with Crippen LogP contribution in [0.3, 0.4) is 0 Å². The van der Waals surface area contributed by atoms with Crippen molar-refractivity contribution >= 4 is 17.8 Å². The second-order valence-electron chi connectivity index (χ2n) is 4.61. The van der Waals surface area contributed by atoms with Gasteiger partial charge in [-0.05, 0) is 20.3 Å². The molecule has 1 aliphatic rings. The van der Waals surface area contributed by atoms with Crippen molar-refractivity contribution in [1.82, 2.24) is 15.5 Å². The van der Waals surface area contributed by atoms with Crippen molar-refractivity contribution in [1.29, 1.82) is 0 Å². The Labute approximate surface area is 101 Å². The Hall–Kier alpha value is -1.59. The third-order valence-electron chi connectivity index (χ3n) is 2.84. The molecule has 0 unspecified atom stereocenters. The van der Waals surface area contributed by atoms with E-state index in [1.807, 2.05) is 6.92 Å². The molecule has 4 amide bonds. The predicted octanol–water partition coefficient (Wildman–Crippen LogP) is 0.233. The van der Waals surface area contributed by atoms with Gasteiger partial charge in [0.05, 0.1) is 0 Å². The lowest BCUT2D eigenvalue weighted by Crippen LogP contribution is -2.67. The van der Waals surface area contributed by atoms with Crippen LogP contribution < -0.4 is 10.6 Å². The molecule has 1 heterocycles. The van der Waals surface area contributed by atoms with Crippen molar-refractivity contribution in [3.05, 3.63) is 0 Å². The van der Waals surface area contributed by atoms with Crippen molar-refractivity contribution in [2.24, 2.45) is 0 Å². The summed E-state index contributed by atoms with van der Waals surface area (Å²) in [6, 6.07) is -0.369. The van der Waals surface area contributed by atoms with Crippen molar-refractivity contribution < 1.29 is 14.4 Å². The summed E-state index contributed by atoms with van der Waals surface area (Å²) in [5, 5.41) is 4.93. The highest BCUT2D eigenvalue weighted by molar-refractivity contribution is 6.05. The molecule has 1 rings (SSSR count). The van der Waals surface area contributed by atoms with E-state index in [1.165, 1.54) is 4.90 Å². The summed E-state index contributed by atoms with van der Waals surface area (Å²) >= 11 is 0. The molecule has 0 aliphatic carbocycles. The Bertz CT molecular complexity index is 339. The molecule has 0 aromatic rings. The van der Waals surface area contributed by atoms with Crippen molar-refractivity contribution in [2.45, 2.75) is 39.2 Å². The number of carbonyl (C=O) groups excluding carboxylic acids is 3. The standard InChI is InChI=1S/C11H19N3O3/c1-4-5-6-12-10(17)14-7-8(15)13-9(16)11(14,2)3/h4-7H2,1-3H3,(H,12,17)(H,13,15,16). The second kappa shape index (κ2) is 5.16. The molecule has 0 atom stereocenters. The quantitative estimate of drug-likeness (QED) is 0.548. The van der Waals surface area contributed by atoms with Gasteiger partial charge in [0, 0.05) is 6.54 Å². The fourth-order valence-electron chi connectivity index (χ4n) is 1.58. The highest BCUT2D eigenvalue weighted by Crippen LogP contribution is 2.17. The maximum atomic E-state index is 11.9. The third kappa shape index (κ3) is 2.95. The van der Waals surface area contributed by atoms with Crippen molar-refractivity contribution in [3.63, 3.8) is 0 Å². The molecule has 2 N–H and O–H groups in total. The SMILES string of the molecule is CCCCNC(=O)N1CC(=O)NC(=O)C1(C)C. The number of piperazine rings is 1. The predicted molar refractivity (Wildman–Crippen MR) is 62.2 cm³/mol. The second-order valence-corrected chi connectivity index (χ2v) is 4.61. The highest BCUT2D eigenvalue weighted by Gasteiger charge is 2.43. The van der Waals surface area contributed by atoms with Crippen LogP contribution in [0.2, 0.25) is 0 Å². The summed E-state index contributed by atoms with van der Waals surface area (Å²) in [6.45, 7) is 5.73. The summed E-state index contributed by atoms with van der Waals surface area (Å²) in [4.78, 5) is 36.0. The van der Waals surface area contributed by atoms with Crippen molar-refractivity contribution in [3.8, 4) is 0 Å². The van der Waals surface area contributed by atoms with E-state index in [-0.39, 0.29) is 12.6 Å². The van der Waals surface area contributed by atoms with Gasteiger partial charge < -0.3 is 10.2 Å². The Morgan fingerprint density at radius 1 is 1.47 bits per heavy atom. The Morgan fingerprint density at radius 3 is 2.71 bits per heavy atom. The minimum Gasteiger partial charge on any atom is -0.338 e. The first-order valence-electron chi connectivity index (χ1n) is 5.79. The lowest BCUT2D eigenvalue weighted by atomic mass is 9.99. The van der Waals surface area contributed by atoms with E-state index < -0.39 is 17.4 Å². The maximum Gasteiger partial charge on any atom is 0.318 e. The minimum atomic E-state index is -0.996. The van der Waals surface area contributed by atoms with Gasteiger partial charge in [-0.15, -0.1) is 0 Å². The first kappa shape index (κ1) is 13.5. The number of unbranched alkanes of at least 4 members (excludes halogenated alkanes) is 1. The van der Waals surface area contributed by atoms with Crippen LogP contribution in [0.1, 0.15) is 33.6 Å². The summed E-state index contributed by atoms with van der Waals surface area (Å²) in [6.07, 6.45) is 1.85. The molecule has 6 nitrogen and oxygen atoms in total. The molecule has 0 saturated carbocycles. The van der Waals surface area contributed by atoms with Crippen LogP contribution >= 0.6 is 0 Å². The molecule has 1 fully saturated rings. The number of hydrogen-bond acceptors (Lipinski definition) is 3. The van der Waals surface area contributed by atoms with E-state index >= 15 is 0 Å². The van der Waals surface area contributed by atoms with E-state index in [9.17, 15) is 14.4 Å². The minimum absolute atomic E-state index is 0.0866.